The van der Waals surface area contributed by atoms with Crippen molar-refractivity contribution in [1.29, 1.82) is 0 Å². The van der Waals surface area contributed by atoms with Crippen molar-refractivity contribution in [2.75, 3.05) is 0 Å². The zero-order valence-corrected chi connectivity index (χ0v) is 16.6. The molecular formula is C25H16BClN2. The van der Waals surface area contributed by atoms with Gasteiger partial charge < -0.3 is 0 Å². The van der Waals surface area contributed by atoms with Gasteiger partial charge in [-0.05, 0) is 42.1 Å². The number of imidazole rings is 1. The fraction of sp³-hybridized carbons (Fsp3) is 0.0400. The van der Waals surface area contributed by atoms with Crippen molar-refractivity contribution < 1.29 is 0 Å². The molecule has 0 N–H and O–H groups in total. The molecule has 2 heterocycles. The summed E-state index contributed by atoms with van der Waals surface area (Å²) in [6.45, 7) is 2.04. The number of fused-ring (bicyclic) bond motifs is 7. The first-order chi connectivity index (χ1) is 14.1. The van der Waals surface area contributed by atoms with E-state index in [9.17, 15) is 0 Å². The zero-order valence-electron chi connectivity index (χ0n) is 15.9. The molecule has 0 fully saturated rings. The Kier molecular flexibility index (Phi) is 3.42. The summed E-state index contributed by atoms with van der Waals surface area (Å²) < 4.78 is 4.55. The Morgan fingerprint density at radius 2 is 1.52 bits per heavy atom. The van der Waals surface area contributed by atoms with Gasteiger partial charge in [-0.15, -0.1) is 0 Å². The van der Waals surface area contributed by atoms with Crippen LogP contribution in [0.3, 0.4) is 0 Å². The van der Waals surface area contributed by atoms with Crippen molar-refractivity contribution in [1.82, 2.24) is 8.97 Å². The number of halogens is 1. The van der Waals surface area contributed by atoms with Crippen molar-refractivity contribution in [3.8, 4) is 5.69 Å². The molecule has 2 radical (unpaired) electrons. The maximum absolute atomic E-state index is 6.70. The van der Waals surface area contributed by atoms with Crippen molar-refractivity contribution in [3.05, 3.63) is 89.4 Å². The number of hydrogen-bond donors (Lipinski definition) is 0. The number of hydrogen-bond acceptors (Lipinski definition) is 0. The van der Waals surface area contributed by atoms with Crippen LogP contribution in [0.25, 0.3) is 44.0 Å². The summed E-state index contributed by atoms with van der Waals surface area (Å²) in [5.74, 6) is 0. The van der Waals surface area contributed by atoms with E-state index in [1.807, 2.05) is 13.0 Å². The van der Waals surface area contributed by atoms with Gasteiger partial charge >= 0.3 is 0 Å². The van der Waals surface area contributed by atoms with Gasteiger partial charge in [0.15, 0.2) is 0 Å². The van der Waals surface area contributed by atoms with Crippen LogP contribution in [0.4, 0.5) is 0 Å². The number of rotatable bonds is 1. The lowest BCUT2D eigenvalue weighted by Gasteiger charge is -2.12. The topological polar surface area (TPSA) is 9.34 Å². The van der Waals surface area contributed by atoms with Crippen LogP contribution in [0.15, 0.2) is 78.9 Å². The second-order valence-electron chi connectivity index (χ2n) is 7.57. The SMILES string of the molecule is [B]c1cc(C)cc(-n2c3ccccc3n3c4c(ccc5ccccc54)cc23)c1Cl. The first kappa shape index (κ1) is 16.8. The lowest BCUT2D eigenvalue weighted by molar-refractivity contribution is 1.14. The van der Waals surface area contributed by atoms with Gasteiger partial charge in [-0.1, -0.05) is 71.7 Å². The minimum atomic E-state index is 0.578. The standard InChI is InChI=1S/C25H16BClN2/c1-15-12-19(26)24(27)22(13-15)28-20-8-4-5-9-21(20)29-23(28)14-17-11-10-16-6-2-3-7-18(16)25(17)29/h2-14H,1H3. The molecular weight excluding hydrogens is 375 g/mol. The number of aromatic nitrogens is 2. The Morgan fingerprint density at radius 3 is 2.38 bits per heavy atom. The van der Waals surface area contributed by atoms with Gasteiger partial charge in [0.25, 0.3) is 0 Å². The summed E-state index contributed by atoms with van der Waals surface area (Å²) in [6.07, 6.45) is 0. The highest BCUT2D eigenvalue weighted by Crippen LogP contribution is 2.36. The lowest BCUT2D eigenvalue weighted by Crippen LogP contribution is -2.09. The van der Waals surface area contributed by atoms with Crippen LogP contribution in [0.5, 0.6) is 0 Å². The fourth-order valence-corrected chi connectivity index (χ4v) is 4.72. The number of aryl methyl sites for hydroxylation is 1. The van der Waals surface area contributed by atoms with Gasteiger partial charge in [0.1, 0.15) is 13.5 Å². The molecule has 4 aromatic carbocycles. The van der Waals surface area contributed by atoms with Gasteiger partial charge in [-0.25, -0.2) is 0 Å². The van der Waals surface area contributed by atoms with E-state index in [4.69, 9.17) is 19.4 Å². The van der Waals surface area contributed by atoms with Crippen molar-refractivity contribution in [2.45, 2.75) is 6.92 Å². The highest BCUT2D eigenvalue weighted by atomic mass is 35.5. The Hall–Kier alpha value is -3.17. The lowest BCUT2D eigenvalue weighted by atomic mass is 9.93. The third-order valence-electron chi connectivity index (χ3n) is 5.73. The van der Waals surface area contributed by atoms with E-state index in [2.05, 4.69) is 81.8 Å². The van der Waals surface area contributed by atoms with Gasteiger partial charge in [-0.2, -0.15) is 0 Å². The largest absolute Gasteiger partial charge is 0.293 e. The average Bonchev–Trinajstić information content (AvgIpc) is 3.25. The molecule has 0 atom stereocenters. The molecule has 2 nitrogen and oxygen atoms in total. The summed E-state index contributed by atoms with van der Waals surface area (Å²) in [7, 11) is 6.21. The second-order valence-corrected chi connectivity index (χ2v) is 7.95. The van der Waals surface area contributed by atoms with E-state index in [0.717, 1.165) is 27.9 Å². The molecule has 0 aliphatic rings. The zero-order chi connectivity index (χ0) is 19.7. The van der Waals surface area contributed by atoms with Crippen molar-refractivity contribution in [2.24, 2.45) is 0 Å². The molecule has 2 aromatic heterocycles. The minimum Gasteiger partial charge on any atom is -0.293 e. The predicted molar refractivity (Wildman–Crippen MR) is 124 cm³/mol. The van der Waals surface area contributed by atoms with Crippen LogP contribution in [0.2, 0.25) is 5.02 Å². The quantitative estimate of drug-likeness (QED) is 0.307. The van der Waals surface area contributed by atoms with E-state index in [0.29, 0.717) is 10.5 Å². The molecule has 4 heteroatoms. The molecule has 6 aromatic rings. The maximum Gasteiger partial charge on any atom is 0.123 e. The molecule has 0 amide bonds. The Bertz CT molecular complexity index is 1590. The van der Waals surface area contributed by atoms with Crippen LogP contribution in [-0.2, 0) is 0 Å². The second kappa shape index (κ2) is 5.92. The van der Waals surface area contributed by atoms with Gasteiger partial charge in [0.05, 0.1) is 27.3 Å². The van der Waals surface area contributed by atoms with E-state index in [1.165, 1.54) is 21.7 Å². The summed E-state index contributed by atoms with van der Waals surface area (Å²) >= 11 is 6.70. The molecule has 0 bridgehead atoms. The fourth-order valence-electron chi connectivity index (χ4n) is 4.52. The third-order valence-corrected chi connectivity index (χ3v) is 6.14. The molecule has 0 saturated heterocycles. The first-order valence-electron chi connectivity index (χ1n) is 9.62. The number of para-hydroxylation sites is 2. The molecule has 0 saturated carbocycles. The average molecular weight is 391 g/mol. The summed E-state index contributed by atoms with van der Waals surface area (Å²) in [6, 6.07) is 27.6. The van der Waals surface area contributed by atoms with Crippen LogP contribution in [0.1, 0.15) is 5.56 Å². The number of nitrogens with zero attached hydrogens (tertiary/aromatic N) is 2. The molecule has 6 rings (SSSR count). The van der Waals surface area contributed by atoms with Crippen LogP contribution < -0.4 is 5.46 Å². The Morgan fingerprint density at radius 1 is 0.793 bits per heavy atom. The van der Waals surface area contributed by atoms with Gasteiger partial charge in [0, 0.05) is 10.8 Å². The van der Waals surface area contributed by atoms with Crippen molar-refractivity contribution in [3.63, 3.8) is 0 Å². The first-order valence-corrected chi connectivity index (χ1v) is 9.99. The van der Waals surface area contributed by atoms with E-state index in [-0.39, 0.29) is 0 Å². The van der Waals surface area contributed by atoms with Gasteiger partial charge in [-0.3, -0.25) is 8.97 Å². The highest BCUT2D eigenvalue weighted by molar-refractivity contribution is 6.46. The Labute approximate surface area is 174 Å². The van der Waals surface area contributed by atoms with E-state index >= 15 is 0 Å². The van der Waals surface area contributed by atoms with E-state index < -0.39 is 0 Å². The van der Waals surface area contributed by atoms with E-state index in [1.54, 1.807) is 0 Å². The van der Waals surface area contributed by atoms with Crippen LogP contribution in [-0.4, -0.2) is 16.8 Å². The van der Waals surface area contributed by atoms with Crippen LogP contribution in [0, 0.1) is 6.92 Å². The summed E-state index contributed by atoms with van der Waals surface area (Å²) in [4.78, 5) is 0. The molecule has 29 heavy (non-hydrogen) atoms. The number of benzene rings is 4. The third kappa shape index (κ3) is 2.25. The normalized spacial score (nSPS) is 11.9. The monoisotopic (exact) mass is 390 g/mol. The minimum absolute atomic E-state index is 0.578. The smallest absolute Gasteiger partial charge is 0.123 e. The predicted octanol–water partition coefficient (Wildman–Crippen LogP) is 5.95. The van der Waals surface area contributed by atoms with Gasteiger partial charge in [0.2, 0.25) is 0 Å². The molecule has 0 unspecified atom stereocenters. The highest BCUT2D eigenvalue weighted by Gasteiger charge is 2.19. The van der Waals surface area contributed by atoms with Crippen LogP contribution >= 0.6 is 11.6 Å². The van der Waals surface area contributed by atoms with Crippen molar-refractivity contribution >= 4 is 63.3 Å². The molecule has 0 aliphatic carbocycles. The summed E-state index contributed by atoms with van der Waals surface area (Å²) in [5, 5.41) is 4.25. The maximum atomic E-state index is 6.70. The Balaban J connectivity index is 1.89. The molecule has 136 valence electrons. The molecule has 0 aliphatic heterocycles. The molecule has 0 spiro atoms. The summed E-state index contributed by atoms with van der Waals surface area (Å²) in [5.41, 5.74) is 7.12.